The minimum atomic E-state index is -3.07. The standard InChI is InChI=1S/C16H17N5O3S2/c1-17-14(22)7-13-19-16(11-3-2-4-12-15(11)25-9-18-12)21(20-13)10-5-6-26(23,24)8-10/h2-4,9-10H,5-8H2,1H3,(H,17,22). The fraction of sp³-hybridized carbons (Fsp3) is 0.375. The summed E-state index contributed by atoms with van der Waals surface area (Å²) in [5.74, 6) is 0.961. The number of amides is 1. The molecule has 0 saturated carbocycles. The molecule has 0 spiro atoms. The van der Waals surface area contributed by atoms with Crippen LogP contribution in [0.3, 0.4) is 0 Å². The molecular formula is C16H17N5O3S2. The summed E-state index contributed by atoms with van der Waals surface area (Å²) in [6, 6.07) is 5.46. The van der Waals surface area contributed by atoms with Gasteiger partial charge in [-0.25, -0.2) is 23.1 Å². The molecule has 1 amide bonds. The number of nitrogens with one attached hydrogen (secondary N) is 1. The molecule has 1 saturated heterocycles. The molecule has 1 atom stereocenters. The Morgan fingerprint density at radius 3 is 3.00 bits per heavy atom. The zero-order valence-electron chi connectivity index (χ0n) is 14.0. The summed E-state index contributed by atoms with van der Waals surface area (Å²) in [6.45, 7) is 0. The lowest BCUT2D eigenvalue weighted by atomic mass is 10.2. The van der Waals surface area contributed by atoms with Crippen molar-refractivity contribution < 1.29 is 13.2 Å². The van der Waals surface area contributed by atoms with Gasteiger partial charge in [0.1, 0.15) is 0 Å². The van der Waals surface area contributed by atoms with E-state index in [4.69, 9.17) is 0 Å². The van der Waals surface area contributed by atoms with Crippen molar-refractivity contribution in [3.63, 3.8) is 0 Å². The number of hydrogen-bond acceptors (Lipinski definition) is 7. The van der Waals surface area contributed by atoms with Crippen LogP contribution in [0.4, 0.5) is 0 Å². The summed E-state index contributed by atoms with van der Waals surface area (Å²) < 4.78 is 26.5. The number of thiazole rings is 1. The number of hydrogen-bond donors (Lipinski definition) is 1. The number of benzene rings is 1. The molecule has 136 valence electrons. The predicted octanol–water partition coefficient (Wildman–Crippen LogP) is 1.20. The molecule has 0 bridgehead atoms. The zero-order valence-corrected chi connectivity index (χ0v) is 15.7. The van der Waals surface area contributed by atoms with Crippen LogP contribution in [-0.2, 0) is 21.1 Å². The number of likely N-dealkylation sites (N-methyl/N-ethyl adjacent to an activating group) is 1. The molecule has 4 rings (SSSR count). The highest BCUT2D eigenvalue weighted by Gasteiger charge is 2.32. The first-order valence-electron chi connectivity index (χ1n) is 8.16. The predicted molar refractivity (Wildman–Crippen MR) is 98.7 cm³/mol. The van der Waals surface area contributed by atoms with E-state index in [9.17, 15) is 13.2 Å². The molecule has 26 heavy (non-hydrogen) atoms. The largest absolute Gasteiger partial charge is 0.359 e. The van der Waals surface area contributed by atoms with Gasteiger partial charge in [-0.15, -0.1) is 11.3 Å². The van der Waals surface area contributed by atoms with E-state index in [1.54, 1.807) is 17.2 Å². The fourth-order valence-electron chi connectivity index (χ4n) is 3.14. The summed E-state index contributed by atoms with van der Waals surface area (Å²) >= 11 is 1.50. The van der Waals surface area contributed by atoms with Crippen molar-refractivity contribution in [1.82, 2.24) is 25.1 Å². The highest BCUT2D eigenvalue weighted by atomic mass is 32.2. The number of sulfone groups is 1. The van der Waals surface area contributed by atoms with E-state index in [0.717, 1.165) is 15.8 Å². The van der Waals surface area contributed by atoms with Crippen LogP contribution in [0.15, 0.2) is 23.7 Å². The second-order valence-corrected chi connectivity index (χ2v) is 9.29. The van der Waals surface area contributed by atoms with E-state index in [-0.39, 0.29) is 29.9 Å². The van der Waals surface area contributed by atoms with Crippen molar-refractivity contribution in [3.05, 3.63) is 29.5 Å². The van der Waals surface area contributed by atoms with E-state index >= 15 is 0 Å². The van der Waals surface area contributed by atoms with Crippen LogP contribution in [0.25, 0.3) is 21.6 Å². The summed E-state index contributed by atoms with van der Waals surface area (Å²) in [7, 11) is -1.51. The Morgan fingerprint density at radius 2 is 2.27 bits per heavy atom. The van der Waals surface area contributed by atoms with Crippen molar-refractivity contribution in [3.8, 4) is 11.4 Å². The Balaban J connectivity index is 1.84. The molecule has 0 radical (unpaired) electrons. The maximum atomic E-state index is 11.9. The monoisotopic (exact) mass is 391 g/mol. The summed E-state index contributed by atoms with van der Waals surface area (Å²) in [5.41, 5.74) is 3.47. The molecule has 1 N–H and O–H groups in total. The molecule has 1 aliphatic rings. The van der Waals surface area contributed by atoms with Gasteiger partial charge in [0.25, 0.3) is 0 Å². The molecule has 1 aliphatic heterocycles. The van der Waals surface area contributed by atoms with Crippen LogP contribution in [0.2, 0.25) is 0 Å². The van der Waals surface area contributed by atoms with Crippen molar-refractivity contribution in [2.45, 2.75) is 18.9 Å². The molecule has 1 fully saturated rings. The van der Waals surface area contributed by atoms with Crippen LogP contribution in [0.5, 0.6) is 0 Å². The van der Waals surface area contributed by atoms with Crippen molar-refractivity contribution >= 4 is 37.3 Å². The average molecular weight is 391 g/mol. The van der Waals surface area contributed by atoms with E-state index in [1.807, 2.05) is 18.2 Å². The molecule has 3 heterocycles. The number of carbonyl (C=O) groups is 1. The first kappa shape index (κ1) is 17.1. The van der Waals surface area contributed by atoms with Gasteiger partial charge < -0.3 is 5.32 Å². The number of rotatable bonds is 4. The summed E-state index contributed by atoms with van der Waals surface area (Å²) in [4.78, 5) is 20.6. The molecule has 8 nitrogen and oxygen atoms in total. The van der Waals surface area contributed by atoms with Gasteiger partial charge in [-0.1, -0.05) is 6.07 Å². The van der Waals surface area contributed by atoms with Crippen LogP contribution >= 0.6 is 11.3 Å². The molecule has 2 aromatic heterocycles. The Hall–Kier alpha value is -2.33. The summed E-state index contributed by atoms with van der Waals surface area (Å²) in [5, 5.41) is 7.04. The van der Waals surface area contributed by atoms with Gasteiger partial charge >= 0.3 is 0 Å². The number of carbonyl (C=O) groups excluding carboxylic acids is 1. The second-order valence-electron chi connectivity index (χ2n) is 6.21. The Bertz CT molecular complexity index is 1090. The maximum absolute atomic E-state index is 11.9. The lowest BCUT2D eigenvalue weighted by molar-refractivity contribution is -0.120. The van der Waals surface area contributed by atoms with Crippen molar-refractivity contribution in [2.24, 2.45) is 0 Å². The van der Waals surface area contributed by atoms with Gasteiger partial charge in [0, 0.05) is 12.6 Å². The van der Waals surface area contributed by atoms with Gasteiger partial charge in [-0.2, -0.15) is 5.10 Å². The van der Waals surface area contributed by atoms with Crippen molar-refractivity contribution in [1.29, 1.82) is 0 Å². The zero-order chi connectivity index (χ0) is 18.3. The molecule has 1 aromatic carbocycles. The number of aromatic nitrogens is 4. The smallest absolute Gasteiger partial charge is 0.227 e. The van der Waals surface area contributed by atoms with E-state index < -0.39 is 9.84 Å². The molecule has 0 aliphatic carbocycles. The van der Waals surface area contributed by atoms with E-state index in [2.05, 4.69) is 20.4 Å². The number of nitrogens with zero attached hydrogens (tertiary/aromatic N) is 4. The summed E-state index contributed by atoms with van der Waals surface area (Å²) in [6.07, 6.45) is 0.547. The van der Waals surface area contributed by atoms with Gasteiger partial charge in [-0.05, 0) is 18.6 Å². The topological polar surface area (TPSA) is 107 Å². The van der Waals surface area contributed by atoms with Crippen LogP contribution in [0.1, 0.15) is 18.3 Å². The van der Waals surface area contributed by atoms with Crippen LogP contribution in [0, 0.1) is 0 Å². The molecule has 3 aromatic rings. The normalized spacial score (nSPS) is 19.0. The van der Waals surface area contributed by atoms with Gasteiger partial charge in [-0.3, -0.25) is 4.79 Å². The Kier molecular flexibility index (Phi) is 4.23. The minimum absolute atomic E-state index is 0.0431. The Morgan fingerprint density at radius 1 is 1.42 bits per heavy atom. The fourth-order valence-corrected chi connectivity index (χ4v) is 5.63. The SMILES string of the molecule is CNC(=O)Cc1nc(-c2cccc3ncsc23)n(C2CCS(=O)(=O)C2)n1. The first-order chi connectivity index (χ1) is 12.5. The average Bonchev–Trinajstić information content (AvgIpc) is 3.32. The van der Waals surface area contributed by atoms with Gasteiger partial charge in [0.15, 0.2) is 21.5 Å². The van der Waals surface area contributed by atoms with Crippen LogP contribution in [-0.4, -0.2) is 52.6 Å². The lowest BCUT2D eigenvalue weighted by Gasteiger charge is -2.12. The quantitative estimate of drug-likeness (QED) is 0.716. The van der Waals surface area contributed by atoms with Gasteiger partial charge in [0.05, 0.1) is 39.7 Å². The van der Waals surface area contributed by atoms with Gasteiger partial charge in [0.2, 0.25) is 5.91 Å². The molecule has 10 heteroatoms. The molecular weight excluding hydrogens is 374 g/mol. The van der Waals surface area contributed by atoms with Crippen molar-refractivity contribution in [2.75, 3.05) is 18.6 Å². The minimum Gasteiger partial charge on any atom is -0.359 e. The molecule has 1 unspecified atom stereocenters. The number of fused-ring (bicyclic) bond motifs is 1. The lowest BCUT2D eigenvalue weighted by Crippen LogP contribution is -2.21. The van der Waals surface area contributed by atoms with E-state index in [1.165, 1.54) is 11.3 Å². The highest BCUT2D eigenvalue weighted by molar-refractivity contribution is 7.91. The Labute approximate surface area is 154 Å². The van der Waals surface area contributed by atoms with E-state index in [0.29, 0.717) is 18.1 Å². The third kappa shape index (κ3) is 3.10. The maximum Gasteiger partial charge on any atom is 0.227 e. The third-order valence-electron chi connectivity index (χ3n) is 4.42. The second kappa shape index (κ2) is 6.44. The third-order valence-corrected chi connectivity index (χ3v) is 7.05. The highest BCUT2D eigenvalue weighted by Crippen LogP contribution is 2.33. The first-order valence-corrected chi connectivity index (χ1v) is 10.9. The van der Waals surface area contributed by atoms with Crippen LogP contribution < -0.4 is 5.32 Å².